The monoisotopic (exact) mass is 537 g/mol. The van der Waals surface area contributed by atoms with Crippen molar-refractivity contribution < 1.29 is 17.0 Å². The molecule has 6 heteroatoms. The Balaban J connectivity index is 0. The highest BCUT2D eigenvalue weighted by Gasteiger charge is 2.10. The molecule has 0 aromatic rings. The molecule has 0 aliphatic heterocycles. The fraction of sp³-hybridized carbons (Fsp3) is 1.00. The number of rotatable bonds is 30. The Hall–Kier alpha value is -0.200. The summed E-state index contributed by atoms with van der Waals surface area (Å²) in [4.78, 5) is 0. The van der Waals surface area contributed by atoms with Gasteiger partial charge in [-0.2, -0.15) is 8.42 Å². The molecule has 4 nitrogen and oxygen atoms in total. The first kappa shape index (κ1) is 37.9. The second-order valence-electron chi connectivity index (χ2n) is 10.6. The summed E-state index contributed by atoms with van der Waals surface area (Å²) in [5.74, 6) is 0.147. The maximum atomic E-state index is 12.0. The lowest BCUT2D eigenvalue weighted by molar-refractivity contribution is 0.305. The van der Waals surface area contributed by atoms with Gasteiger partial charge in [-0.3, -0.25) is 8.57 Å². The summed E-state index contributed by atoms with van der Waals surface area (Å²) in [5.41, 5.74) is 0. The predicted molar refractivity (Wildman–Crippen MR) is 156 cm³/mol. The lowest BCUT2D eigenvalue weighted by Gasteiger charge is -2.06. The Kier molecular flexibility index (Phi) is 32.7. The first-order chi connectivity index (χ1) is 17.1. The molecule has 0 amide bonds. The van der Waals surface area contributed by atoms with E-state index in [-0.39, 0.29) is 18.6 Å². The van der Waals surface area contributed by atoms with Gasteiger partial charge in [0.2, 0.25) is 0 Å². The Morgan fingerprint density at radius 2 is 0.778 bits per heavy atom. The summed E-state index contributed by atoms with van der Waals surface area (Å²) < 4.78 is 41.1. The van der Waals surface area contributed by atoms with Crippen LogP contribution in [0.5, 0.6) is 0 Å². The van der Waals surface area contributed by atoms with Gasteiger partial charge >= 0.3 is 0 Å². The van der Waals surface area contributed by atoms with E-state index in [1.807, 2.05) is 0 Å². The fourth-order valence-corrected chi connectivity index (χ4v) is 5.73. The van der Waals surface area contributed by atoms with Crippen LogP contribution in [-0.4, -0.2) is 27.5 Å². The molecule has 220 valence electrons. The molecule has 0 heterocycles. The molecule has 0 saturated heterocycles. The topological polar surface area (TPSA) is 78.4 Å². The molecule has 0 aliphatic carbocycles. The lowest BCUT2D eigenvalue weighted by Crippen LogP contribution is -2.11. The average molecular weight is 538 g/mol. The SMILES string of the molecule is CCCCCCCCCCCCCCCCCCCCOS(=O)(=O)CCCCCCCCCCF.N. The van der Waals surface area contributed by atoms with Crippen LogP contribution in [0.25, 0.3) is 0 Å². The molecule has 0 fully saturated rings. The molecule has 0 aliphatic rings. The molecule has 0 aromatic carbocycles. The minimum atomic E-state index is -3.35. The van der Waals surface area contributed by atoms with Crippen LogP contribution in [0.2, 0.25) is 0 Å². The number of halogens is 1. The predicted octanol–water partition coefficient (Wildman–Crippen LogP) is 10.6. The standard InChI is InChI=1S/C30H61FO3S.H3N/c1-2-3-4-5-6-7-8-9-10-11-12-13-14-15-17-20-23-26-29-34-35(32,33)30-27-24-21-18-16-19-22-25-28-31;/h2-30H2,1H3;1H3. The van der Waals surface area contributed by atoms with E-state index in [4.69, 9.17) is 4.18 Å². The summed E-state index contributed by atoms with van der Waals surface area (Å²) in [5, 5.41) is 0. The van der Waals surface area contributed by atoms with Crippen molar-refractivity contribution >= 4 is 10.1 Å². The summed E-state index contributed by atoms with van der Waals surface area (Å²) in [6.07, 6.45) is 31.6. The first-order valence-electron chi connectivity index (χ1n) is 15.6. The Labute approximate surface area is 226 Å². The van der Waals surface area contributed by atoms with Crippen molar-refractivity contribution in [2.75, 3.05) is 19.0 Å². The van der Waals surface area contributed by atoms with Crippen LogP contribution in [-0.2, 0) is 14.3 Å². The van der Waals surface area contributed by atoms with Crippen molar-refractivity contribution in [2.45, 2.75) is 174 Å². The van der Waals surface area contributed by atoms with Gasteiger partial charge in [-0.25, -0.2) is 0 Å². The van der Waals surface area contributed by atoms with Gasteiger partial charge in [-0.05, 0) is 19.3 Å². The molecule has 0 rings (SSSR count). The highest BCUT2D eigenvalue weighted by Crippen LogP contribution is 2.15. The molecule has 3 N–H and O–H groups in total. The van der Waals surface area contributed by atoms with E-state index >= 15 is 0 Å². The number of hydrogen-bond acceptors (Lipinski definition) is 4. The summed E-state index contributed by atoms with van der Waals surface area (Å²) in [7, 11) is -3.35. The normalized spacial score (nSPS) is 11.6. The molecule has 0 spiro atoms. The minimum Gasteiger partial charge on any atom is -0.344 e. The zero-order valence-corrected chi connectivity index (χ0v) is 25.0. The van der Waals surface area contributed by atoms with Gasteiger partial charge < -0.3 is 6.15 Å². The number of alkyl halides is 1. The van der Waals surface area contributed by atoms with E-state index in [0.717, 1.165) is 51.4 Å². The van der Waals surface area contributed by atoms with Gasteiger partial charge in [0.1, 0.15) is 0 Å². The van der Waals surface area contributed by atoms with Crippen molar-refractivity contribution in [3.8, 4) is 0 Å². The van der Waals surface area contributed by atoms with Gasteiger partial charge in [-0.1, -0.05) is 155 Å². The van der Waals surface area contributed by atoms with E-state index in [1.165, 1.54) is 103 Å². The van der Waals surface area contributed by atoms with Crippen LogP contribution in [0.15, 0.2) is 0 Å². The average Bonchev–Trinajstić information content (AvgIpc) is 2.84. The molecule has 0 atom stereocenters. The van der Waals surface area contributed by atoms with Gasteiger partial charge in [0.05, 0.1) is 19.0 Å². The summed E-state index contributed by atoms with van der Waals surface area (Å²) in [6, 6.07) is 0. The number of hydrogen-bond donors (Lipinski definition) is 1. The van der Waals surface area contributed by atoms with Crippen LogP contribution in [0, 0.1) is 0 Å². The zero-order valence-electron chi connectivity index (χ0n) is 24.2. The van der Waals surface area contributed by atoms with Crippen LogP contribution < -0.4 is 6.15 Å². The third kappa shape index (κ3) is 31.8. The van der Waals surface area contributed by atoms with Crippen molar-refractivity contribution in [3.05, 3.63) is 0 Å². The van der Waals surface area contributed by atoms with Crippen LogP contribution >= 0.6 is 0 Å². The van der Waals surface area contributed by atoms with Crippen LogP contribution in [0.1, 0.15) is 174 Å². The first-order valence-corrected chi connectivity index (χ1v) is 17.1. The van der Waals surface area contributed by atoms with Gasteiger partial charge in [0.25, 0.3) is 10.1 Å². The smallest absolute Gasteiger partial charge is 0.267 e. The molecule has 0 radical (unpaired) electrons. The van der Waals surface area contributed by atoms with Crippen molar-refractivity contribution in [1.29, 1.82) is 0 Å². The van der Waals surface area contributed by atoms with E-state index in [1.54, 1.807) is 0 Å². The maximum Gasteiger partial charge on any atom is 0.267 e. The maximum absolute atomic E-state index is 12.0. The molecule has 0 bridgehead atoms. The van der Waals surface area contributed by atoms with E-state index in [0.29, 0.717) is 19.4 Å². The van der Waals surface area contributed by atoms with E-state index in [2.05, 4.69) is 6.92 Å². The minimum absolute atomic E-state index is 0. The van der Waals surface area contributed by atoms with Crippen molar-refractivity contribution in [3.63, 3.8) is 0 Å². The molecule has 36 heavy (non-hydrogen) atoms. The molecule has 0 aromatic heterocycles. The third-order valence-corrected chi connectivity index (χ3v) is 8.35. The van der Waals surface area contributed by atoms with Gasteiger partial charge in [0.15, 0.2) is 0 Å². The Bertz CT molecular complexity index is 502. The quantitative estimate of drug-likeness (QED) is 0.0730. The van der Waals surface area contributed by atoms with Crippen LogP contribution in [0.3, 0.4) is 0 Å². The highest BCUT2D eigenvalue weighted by molar-refractivity contribution is 7.86. The highest BCUT2D eigenvalue weighted by atomic mass is 32.2. The second-order valence-corrected chi connectivity index (χ2v) is 12.4. The number of unbranched alkanes of at least 4 members (excludes halogenated alkanes) is 24. The van der Waals surface area contributed by atoms with E-state index < -0.39 is 10.1 Å². The molecular formula is C30H64FNO3S. The largest absolute Gasteiger partial charge is 0.344 e. The summed E-state index contributed by atoms with van der Waals surface area (Å²) in [6.45, 7) is 2.41. The fourth-order valence-electron chi connectivity index (χ4n) is 4.68. The molecular weight excluding hydrogens is 473 g/mol. The van der Waals surface area contributed by atoms with Gasteiger partial charge in [-0.15, -0.1) is 0 Å². The van der Waals surface area contributed by atoms with E-state index in [9.17, 15) is 12.8 Å². The Morgan fingerprint density at radius 1 is 0.472 bits per heavy atom. The third-order valence-electron chi connectivity index (χ3n) is 7.04. The van der Waals surface area contributed by atoms with Crippen molar-refractivity contribution in [2.24, 2.45) is 0 Å². The second kappa shape index (κ2) is 31.0. The molecule has 0 unspecified atom stereocenters. The lowest BCUT2D eigenvalue weighted by atomic mass is 10.0. The molecule has 0 saturated carbocycles. The van der Waals surface area contributed by atoms with Gasteiger partial charge in [0, 0.05) is 0 Å². The van der Waals surface area contributed by atoms with Crippen LogP contribution in [0.4, 0.5) is 4.39 Å². The summed E-state index contributed by atoms with van der Waals surface area (Å²) >= 11 is 0. The Morgan fingerprint density at radius 3 is 1.14 bits per heavy atom. The zero-order chi connectivity index (χ0) is 25.7. The van der Waals surface area contributed by atoms with Crippen molar-refractivity contribution in [1.82, 2.24) is 6.15 Å².